The summed E-state index contributed by atoms with van der Waals surface area (Å²) >= 11 is 0. The molecule has 1 aliphatic heterocycles. The Bertz CT molecular complexity index is 1160. The number of benzene rings is 2. The molecule has 5 rings (SSSR count). The van der Waals surface area contributed by atoms with Gasteiger partial charge in [-0.2, -0.15) is 4.98 Å². The van der Waals surface area contributed by atoms with E-state index in [9.17, 15) is 4.39 Å². The van der Waals surface area contributed by atoms with Gasteiger partial charge in [-0.1, -0.05) is 18.2 Å². The maximum Gasteiger partial charge on any atom is 0.257 e. The number of rotatable bonds is 1. The summed E-state index contributed by atoms with van der Waals surface area (Å²) in [7, 11) is 0. The molecule has 0 unspecified atom stereocenters. The normalized spacial score (nSPS) is 14.2. The minimum Gasteiger partial charge on any atom is -0.325 e. The van der Waals surface area contributed by atoms with Crippen molar-refractivity contribution in [1.29, 1.82) is 0 Å². The molecule has 4 aromatic rings. The second kappa shape index (κ2) is 5.49. The molecule has 3 heterocycles. The molecular formula is C20H18FN5. The van der Waals surface area contributed by atoms with Gasteiger partial charge < -0.3 is 4.90 Å². The number of fused-ring (bicyclic) bond motifs is 4. The average Bonchev–Trinajstić information content (AvgIpc) is 3.02. The Labute approximate surface area is 150 Å². The van der Waals surface area contributed by atoms with Crippen LogP contribution in [0.15, 0.2) is 36.4 Å². The number of hydrogen-bond acceptors (Lipinski definition) is 4. The standard InChI is InChI=1S/C20H18FN5/c1-12-6-3-10-17-14(12)8-5-11-25(17)19-15-7-4-9-16(21)18(15)26-13(2)23-24-20(26)22-19/h3-4,6-7,9-10H,5,8,11H2,1-2H3. The van der Waals surface area contributed by atoms with Crippen molar-refractivity contribution in [2.24, 2.45) is 0 Å². The number of aromatic nitrogens is 4. The maximum atomic E-state index is 14.8. The van der Waals surface area contributed by atoms with E-state index in [1.54, 1.807) is 10.5 Å². The van der Waals surface area contributed by atoms with Gasteiger partial charge in [0.1, 0.15) is 17.5 Å². The van der Waals surface area contributed by atoms with Crippen LogP contribution in [0, 0.1) is 19.7 Å². The number of para-hydroxylation sites is 1. The fraction of sp³-hybridized carbons (Fsp3) is 0.250. The zero-order valence-corrected chi connectivity index (χ0v) is 14.7. The van der Waals surface area contributed by atoms with Crippen LogP contribution in [-0.2, 0) is 6.42 Å². The van der Waals surface area contributed by atoms with Gasteiger partial charge in [-0.3, -0.25) is 4.40 Å². The van der Waals surface area contributed by atoms with Crippen molar-refractivity contribution in [3.05, 3.63) is 59.2 Å². The van der Waals surface area contributed by atoms with Gasteiger partial charge in [0.2, 0.25) is 0 Å². The second-order valence-corrected chi connectivity index (χ2v) is 6.78. The highest BCUT2D eigenvalue weighted by Crippen LogP contribution is 2.38. The molecule has 2 aromatic carbocycles. The number of nitrogens with zero attached hydrogens (tertiary/aromatic N) is 5. The van der Waals surface area contributed by atoms with Crippen molar-refractivity contribution >= 4 is 28.2 Å². The molecule has 0 atom stereocenters. The lowest BCUT2D eigenvalue weighted by Crippen LogP contribution is -2.26. The predicted molar refractivity (Wildman–Crippen MR) is 99.5 cm³/mol. The third kappa shape index (κ3) is 2.05. The Morgan fingerprint density at radius 1 is 1.04 bits per heavy atom. The van der Waals surface area contributed by atoms with E-state index in [2.05, 4.69) is 40.2 Å². The molecular weight excluding hydrogens is 329 g/mol. The molecule has 0 radical (unpaired) electrons. The fourth-order valence-corrected chi connectivity index (χ4v) is 3.99. The summed E-state index contributed by atoms with van der Waals surface area (Å²) in [6, 6.07) is 11.4. The van der Waals surface area contributed by atoms with Crippen LogP contribution < -0.4 is 4.90 Å². The number of aryl methyl sites for hydroxylation is 2. The highest BCUT2D eigenvalue weighted by molar-refractivity contribution is 5.94. The highest BCUT2D eigenvalue weighted by atomic mass is 19.1. The van der Waals surface area contributed by atoms with Crippen LogP contribution in [0.3, 0.4) is 0 Å². The van der Waals surface area contributed by atoms with Crippen LogP contribution in [0.5, 0.6) is 0 Å². The van der Waals surface area contributed by atoms with Gasteiger partial charge in [0.15, 0.2) is 0 Å². The molecule has 2 aromatic heterocycles. The summed E-state index contributed by atoms with van der Waals surface area (Å²) in [5.41, 5.74) is 4.24. The third-order valence-corrected chi connectivity index (χ3v) is 5.21. The Balaban J connectivity index is 1.86. The van der Waals surface area contributed by atoms with Crippen LogP contribution in [0.2, 0.25) is 0 Å². The Hall–Kier alpha value is -3.02. The quantitative estimate of drug-likeness (QED) is 0.520. The lowest BCUT2D eigenvalue weighted by atomic mass is 9.97. The van der Waals surface area contributed by atoms with Gasteiger partial charge in [-0.15, -0.1) is 10.2 Å². The largest absolute Gasteiger partial charge is 0.325 e. The molecule has 26 heavy (non-hydrogen) atoms. The van der Waals surface area contributed by atoms with Gasteiger partial charge in [-0.25, -0.2) is 4.39 Å². The van der Waals surface area contributed by atoms with Crippen molar-refractivity contribution in [2.75, 3.05) is 11.4 Å². The van der Waals surface area contributed by atoms with E-state index in [4.69, 9.17) is 4.98 Å². The summed E-state index contributed by atoms with van der Waals surface area (Å²) in [6.45, 7) is 4.80. The van der Waals surface area contributed by atoms with E-state index in [0.717, 1.165) is 36.3 Å². The molecule has 130 valence electrons. The van der Waals surface area contributed by atoms with Gasteiger partial charge in [-0.05, 0) is 56.0 Å². The molecule has 0 amide bonds. The van der Waals surface area contributed by atoms with E-state index in [1.807, 2.05) is 13.0 Å². The minimum absolute atomic E-state index is 0.291. The Kier molecular flexibility index (Phi) is 3.22. The third-order valence-electron chi connectivity index (χ3n) is 5.21. The lowest BCUT2D eigenvalue weighted by Gasteiger charge is -2.32. The molecule has 0 saturated carbocycles. The maximum absolute atomic E-state index is 14.8. The predicted octanol–water partition coefficient (Wildman–Crippen LogP) is 4.12. The molecule has 6 heteroatoms. The van der Waals surface area contributed by atoms with Crippen molar-refractivity contribution in [1.82, 2.24) is 19.6 Å². The molecule has 0 N–H and O–H groups in total. The first kappa shape index (κ1) is 15.3. The summed E-state index contributed by atoms with van der Waals surface area (Å²) in [6.07, 6.45) is 2.09. The van der Waals surface area contributed by atoms with Crippen molar-refractivity contribution in [2.45, 2.75) is 26.7 Å². The van der Waals surface area contributed by atoms with Crippen LogP contribution in [0.25, 0.3) is 16.7 Å². The summed E-state index contributed by atoms with van der Waals surface area (Å²) in [5, 5.41) is 9.02. The number of halogens is 1. The molecule has 0 spiro atoms. The van der Waals surface area contributed by atoms with E-state index in [0.29, 0.717) is 17.1 Å². The van der Waals surface area contributed by atoms with Gasteiger partial charge in [0, 0.05) is 17.6 Å². The average molecular weight is 347 g/mol. The molecule has 5 nitrogen and oxygen atoms in total. The minimum atomic E-state index is -0.291. The topological polar surface area (TPSA) is 46.3 Å². The SMILES string of the molecule is Cc1cccc2c1CCCN2c1nc2nnc(C)n2c2c(F)cccc12. The van der Waals surface area contributed by atoms with E-state index < -0.39 is 0 Å². The van der Waals surface area contributed by atoms with Gasteiger partial charge >= 0.3 is 0 Å². The molecule has 0 saturated heterocycles. The highest BCUT2D eigenvalue weighted by Gasteiger charge is 2.24. The zero-order valence-electron chi connectivity index (χ0n) is 14.7. The fourth-order valence-electron chi connectivity index (χ4n) is 3.99. The summed E-state index contributed by atoms with van der Waals surface area (Å²) in [4.78, 5) is 6.96. The van der Waals surface area contributed by atoms with Crippen LogP contribution in [0.1, 0.15) is 23.4 Å². The summed E-state index contributed by atoms with van der Waals surface area (Å²) < 4.78 is 16.4. The molecule has 0 fully saturated rings. The monoisotopic (exact) mass is 347 g/mol. The van der Waals surface area contributed by atoms with E-state index >= 15 is 0 Å². The van der Waals surface area contributed by atoms with Crippen LogP contribution in [-0.4, -0.2) is 26.1 Å². The first-order valence-corrected chi connectivity index (χ1v) is 8.81. The van der Waals surface area contributed by atoms with Crippen LogP contribution >= 0.6 is 0 Å². The summed E-state index contributed by atoms with van der Waals surface area (Å²) in [5.74, 6) is 1.50. The Morgan fingerprint density at radius 2 is 1.88 bits per heavy atom. The molecule has 1 aliphatic rings. The first-order chi connectivity index (χ1) is 12.6. The number of anilines is 2. The molecule has 0 bridgehead atoms. The van der Waals surface area contributed by atoms with Gasteiger partial charge in [0.25, 0.3) is 5.78 Å². The van der Waals surface area contributed by atoms with Crippen LogP contribution in [0.4, 0.5) is 15.9 Å². The van der Waals surface area contributed by atoms with E-state index in [-0.39, 0.29) is 5.82 Å². The molecule has 0 aliphatic carbocycles. The zero-order chi connectivity index (χ0) is 17.8. The Morgan fingerprint density at radius 3 is 2.77 bits per heavy atom. The smallest absolute Gasteiger partial charge is 0.257 e. The second-order valence-electron chi connectivity index (χ2n) is 6.78. The van der Waals surface area contributed by atoms with Crippen molar-refractivity contribution in [3.8, 4) is 0 Å². The van der Waals surface area contributed by atoms with Gasteiger partial charge in [0.05, 0.1) is 5.52 Å². The lowest BCUT2D eigenvalue weighted by molar-refractivity contribution is 0.634. The number of hydrogen-bond donors (Lipinski definition) is 0. The van der Waals surface area contributed by atoms with Crippen molar-refractivity contribution < 1.29 is 4.39 Å². The van der Waals surface area contributed by atoms with E-state index in [1.165, 1.54) is 17.2 Å². The first-order valence-electron chi connectivity index (χ1n) is 8.81. The van der Waals surface area contributed by atoms with Crippen molar-refractivity contribution in [3.63, 3.8) is 0 Å².